The summed E-state index contributed by atoms with van der Waals surface area (Å²) in [5.74, 6) is 0.389. The number of nitrogens with one attached hydrogen (secondary N) is 2. The third kappa shape index (κ3) is 4.92. The molecule has 0 saturated carbocycles. The number of hydrogen-bond donors (Lipinski definition) is 2. The molecule has 0 bridgehead atoms. The standard InChI is InChI=1S/C12H18N4O2/c1-3-7-14-12(17)10-5-6-11(16-15-10)13-8-4-9-18-2/h3,5-6H,1,4,7-9H2,2H3,(H,13,16)(H,14,17). The van der Waals surface area contributed by atoms with Gasteiger partial charge in [-0.1, -0.05) is 6.08 Å². The Hall–Kier alpha value is -1.95. The molecule has 0 spiro atoms. The molecule has 0 aliphatic heterocycles. The summed E-state index contributed by atoms with van der Waals surface area (Å²) in [6.45, 7) is 5.38. The van der Waals surface area contributed by atoms with E-state index in [0.717, 1.165) is 13.0 Å². The highest BCUT2D eigenvalue weighted by Crippen LogP contribution is 2.02. The van der Waals surface area contributed by atoms with Crippen LogP contribution in [0.3, 0.4) is 0 Å². The Morgan fingerprint density at radius 2 is 2.33 bits per heavy atom. The lowest BCUT2D eigenvalue weighted by Gasteiger charge is -2.05. The Morgan fingerprint density at radius 3 is 2.94 bits per heavy atom. The fourth-order valence-corrected chi connectivity index (χ4v) is 1.24. The summed E-state index contributed by atoms with van der Waals surface area (Å²) in [4.78, 5) is 11.5. The lowest BCUT2D eigenvalue weighted by molar-refractivity contribution is 0.0952. The average Bonchev–Trinajstić information content (AvgIpc) is 2.41. The zero-order valence-electron chi connectivity index (χ0n) is 10.5. The lowest BCUT2D eigenvalue weighted by Crippen LogP contribution is -2.24. The second-order valence-electron chi connectivity index (χ2n) is 3.58. The van der Waals surface area contributed by atoms with Crippen molar-refractivity contribution in [3.8, 4) is 0 Å². The van der Waals surface area contributed by atoms with E-state index in [1.54, 1.807) is 25.3 Å². The van der Waals surface area contributed by atoms with Crippen LogP contribution in [0.1, 0.15) is 16.9 Å². The van der Waals surface area contributed by atoms with Crippen LogP contribution in [0.2, 0.25) is 0 Å². The maximum Gasteiger partial charge on any atom is 0.272 e. The van der Waals surface area contributed by atoms with Gasteiger partial charge in [0.1, 0.15) is 5.82 Å². The molecular weight excluding hydrogens is 232 g/mol. The molecule has 0 radical (unpaired) electrons. The number of hydrogen-bond acceptors (Lipinski definition) is 5. The molecule has 0 saturated heterocycles. The van der Waals surface area contributed by atoms with Crippen LogP contribution in [0.25, 0.3) is 0 Å². The summed E-state index contributed by atoms with van der Waals surface area (Å²) in [6.07, 6.45) is 2.50. The molecule has 0 aliphatic carbocycles. The number of aromatic nitrogens is 2. The first-order valence-electron chi connectivity index (χ1n) is 5.73. The molecule has 1 aromatic heterocycles. The zero-order valence-corrected chi connectivity index (χ0v) is 10.5. The fraction of sp³-hybridized carbons (Fsp3) is 0.417. The van der Waals surface area contributed by atoms with Crippen molar-refractivity contribution in [1.29, 1.82) is 0 Å². The predicted octanol–water partition coefficient (Wildman–Crippen LogP) is 0.841. The zero-order chi connectivity index (χ0) is 13.2. The number of carbonyl (C=O) groups excluding carboxylic acids is 1. The molecule has 0 atom stereocenters. The number of nitrogens with zero attached hydrogens (tertiary/aromatic N) is 2. The van der Waals surface area contributed by atoms with Gasteiger partial charge in [-0.3, -0.25) is 4.79 Å². The number of amides is 1. The van der Waals surface area contributed by atoms with Gasteiger partial charge >= 0.3 is 0 Å². The van der Waals surface area contributed by atoms with Crippen LogP contribution < -0.4 is 10.6 Å². The molecule has 2 N–H and O–H groups in total. The summed E-state index contributed by atoms with van der Waals surface area (Å²) in [6, 6.07) is 3.35. The van der Waals surface area contributed by atoms with E-state index in [0.29, 0.717) is 24.7 Å². The Labute approximate surface area is 106 Å². The van der Waals surface area contributed by atoms with Crippen LogP contribution in [0.4, 0.5) is 5.82 Å². The Bertz CT molecular complexity index is 378. The lowest BCUT2D eigenvalue weighted by atomic mass is 10.3. The maximum absolute atomic E-state index is 11.5. The van der Waals surface area contributed by atoms with Crippen LogP contribution in [0.5, 0.6) is 0 Å². The van der Waals surface area contributed by atoms with E-state index < -0.39 is 0 Å². The van der Waals surface area contributed by atoms with Crippen molar-refractivity contribution in [2.75, 3.05) is 32.1 Å². The minimum absolute atomic E-state index is 0.256. The normalized spacial score (nSPS) is 9.83. The van der Waals surface area contributed by atoms with Crippen molar-refractivity contribution < 1.29 is 9.53 Å². The van der Waals surface area contributed by atoms with Crippen LogP contribution in [-0.4, -0.2) is 42.9 Å². The minimum Gasteiger partial charge on any atom is -0.385 e. The van der Waals surface area contributed by atoms with Gasteiger partial charge in [-0.15, -0.1) is 16.8 Å². The molecule has 0 aromatic carbocycles. The van der Waals surface area contributed by atoms with Crippen LogP contribution in [0, 0.1) is 0 Å². The van der Waals surface area contributed by atoms with Crippen molar-refractivity contribution in [2.24, 2.45) is 0 Å². The van der Waals surface area contributed by atoms with Gasteiger partial charge < -0.3 is 15.4 Å². The SMILES string of the molecule is C=CCNC(=O)c1ccc(NCCCOC)nn1. The van der Waals surface area contributed by atoms with Gasteiger partial charge in [-0.05, 0) is 18.6 Å². The highest BCUT2D eigenvalue weighted by atomic mass is 16.5. The van der Waals surface area contributed by atoms with Crippen molar-refractivity contribution in [2.45, 2.75) is 6.42 Å². The van der Waals surface area contributed by atoms with E-state index in [2.05, 4.69) is 27.4 Å². The number of carbonyl (C=O) groups is 1. The molecule has 1 heterocycles. The molecule has 1 aromatic rings. The summed E-state index contributed by atoms with van der Waals surface area (Å²) < 4.78 is 4.93. The van der Waals surface area contributed by atoms with Crippen molar-refractivity contribution in [1.82, 2.24) is 15.5 Å². The summed E-state index contributed by atoms with van der Waals surface area (Å²) in [5, 5.41) is 13.5. The highest BCUT2D eigenvalue weighted by Gasteiger charge is 2.06. The molecule has 1 amide bonds. The summed E-state index contributed by atoms with van der Waals surface area (Å²) >= 11 is 0. The average molecular weight is 250 g/mol. The van der Waals surface area contributed by atoms with Gasteiger partial charge in [0.05, 0.1) is 0 Å². The number of methoxy groups -OCH3 is 1. The first kappa shape index (κ1) is 14.1. The van der Waals surface area contributed by atoms with Crippen LogP contribution in [0.15, 0.2) is 24.8 Å². The first-order valence-corrected chi connectivity index (χ1v) is 5.73. The second-order valence-corrected chi connectivity index (χ2v) is 3.58. The van der Waals surface area contributed by atoms with Crippen molar-refractivity contribution in [3.05, 3.63) is 30.5 Å². The van der Waals surface area contributed by atoms with Gasteiger partial charge in [0.25, 0.3) is 5.91 Å². The number of ether oxygens (including phenoxy) is 1. The quantitative estimate of drug-likeness (QED) is 0.528. The van der Waals surface area contributed by atoms with Gasteiger partial charge in [-0.25, -0.2) is 0 Å². The fourth-order valence-electron chi connectivity index (χ4n) is 1.24. The van der Waals surface area contributed by atoms with Gasteiger partial charge in [0.2, 0.25) is 0 Å². The smallest absolute Gasteiger partial charge is 0.272 e. The van der Waals surface area contributed by atoms with Crippen LogP contribution >= 0.6 is 0 Å². The molecule has 0 aliphatic rings. The third-order valence-corrected chi connectivity index (χ3v) is 2.14. The molecule has 98 valence electrons. The minimum atomic E-state index is -0.256. The Kier molecular flexibility index (Phi) is 6.42. The topological polar surface area (TPSA) is 76.1 Å². The van der Waals surface area contributed by atoms with Crippen molar-refractivity contribution >= 4 is 11.7 Å². The number of anilines is 1. The van der Waals surface area contributed by atoms with Crippen LogP contribution in [-0.2, 0) is 4.74 Å². The monoisotopic (exact) mass is 250 g/mol. The summed E-state index contributed by atoms with van der Waals surface area (Å²) in [7, 11) is 1.66. The molecule has 0 fully saturated rings. The highest BCUT2D eigenvalue weighted by molar-refractivity contribution is 5.92. The van der Waals surface area contributed by atoms with Gasteiger partial charge in [0.15, 0.2) is 5.69 Å². The largest absolute Gasteiger partial charge is 0.385 e. The van der Waals surface area contributed by atoms with E-state index in [4.69, 9.17) is 4.74 Å². The Morgan fingerprint density at radius 1 is 1.50 bits per heavy atom. The van der Waals surface area contributed by atoms with E-state index >= 15 is 0 Å². The third-order valence-electron chi connectivity index (χ3n) is 2.14. The first-order chi connectivity index (χ1) is 8.77. The molecule has 1 rings (SSSR count). The number of rotatable bonds is 8. The molecular formula is C12H18N4O2. The van der Waals surface area contributed by atoms with E-state index in [1.807, 2.05) is 0 Å². The summed E-state index contributed by atoms with van der Waals surface area (Å²) in [5.41, 5.74) is 0.291. The second kappa shape index (κ2) is 8.19. The molecule has 6 heteroatoms. The van der Waals surface area contributed by atoms with Gasteiger partial charge in [0, 0.05) is 26.8 Å². The van der Waals surface area contributed by atoms with Gasteiger partial charge in [-0.2, -0.15) is 0 Å². The molecule has 6 nitrogen and oxygen atoms in total. The Balaban J connectivity index is 2.41. The van der Waals surface area contributed by atoms with E-state index in [1.165, 1.54) is 0 Å². The maximum atomic E-state index is 11.5. The predicted molar refractivity (Wildman–Crippen MR) is 69.5 cm³/mol. The van der Waals surface area contributed by atoms with Crippen molar-refractivity contribution in [3.63, 3.8) is 0 Å². The molecule has 0 unspecified atom stereocenters. The van der Waals surface area contributed by atoms with E-state index in [9.17, 15) is 4.79 Å². The molecule has 18 heavy (non-hydrogen) atoms. The van der Waals surface area contributed by atoms with E-state index in [-0.39, 0.29) is 5.91 Å².